The lowest BCUT2D eigenvalue weighted by atomic mass is 9.98. The highest BCUT2D eigenvalue weighted by Crippen LogP contribution is 2.21. The number of carbonyl (C=O) groups excluding carboxylic acids is 3. The van der Waals surface area contributed by atoms with E-state index in [1.807, 2.05) is 67.6 Å². The molecule has 3 aromatic carbocycles. The molecule has 2 heterocycles. The Hall–Kier alpha value is -4.72. The molecule has 1 aliphatic heterocycles. The Balaban J connectivity index is 1.27. The predicted molar refractivity (Wildman–Crippen MR) is 139 cm³/mol. The van der Waals surface area contributed by atoms with Crippen molar-refractivity contribution in [2.45, 2.75) is 32.0 Å². The molecule has 4 aromatic rings. The largest absolute Gasteiger partial charge is 0.489 e. The van der Waals surface area contributed by atoms with Crippen LogP contribution in [0, 0.1) is 6.92 Å². The molecule has 3 N–H and O–H groups in total. The van der Waals surface area contributed by atoms with E-state index in [4.69, 9.17) is 4.74 Å². The molecule has 8 heteroatoms. The number of urea groups is 1. The van der Waals surface area contributed by atoms with Gasteiger partial charge in [0.1, 0.15) is 18.4 Å². The highest BCUT2D eigenvalue weighted by molar-refractivity contribution is 6.05. The van der Waals surface area contributed by atoms with Gasteiger partial charge in [0.2, 0.25) is 0 Å². The van der Waals surface area contributed by atoms with Crippen LogP contribution in [-0.2, 0) is 17.8 Å². The van der Waals surface area contributed by atoms with Gasteiger partial charge in [-0.05, 0) is 55.3 Å². The predicted octanol–water partition coefficient (Wildman–Crippen LogP) is 3.67. The van der Waals surface area contributed by atoms with Crippen LogP contribution in [0.4, 0.5) is 4.79 Å². The smallest absolute Gasteiger partial charge is 0.322 e. The first kappa shape index (κ1) is 24.0. The number of para-hydroxylation sites is 1. The molecule has 0 aliphatic carbocycles. The fourth-order valence-electron chi connectivity index (χ4n) is 4.47. The highest BCUT2D eigenvalue weighted by atomic mass is 16.5. The van der Waals surface area contributed by atoms with Crippen molar-refractivity contribution in [3.63, 3.8) is 0 Å². The van der Waals surface area contributed by atoms with Crippen molar-refractivity contribution >= 4 is 28.7 Å². The molecule has 1 aromatic heterocycles. The third kappa shape index (κ3) is 5.59. The van der Waals surface area contributed by atoms with Crippen LogP contribution in [0.3, 0.4) is 0 Å². The Morgan fingerprint density at radius 1 is 1.00 bits per heavy atom. The minimum atomic E-state index is -0.863. The summed E-state index contributed by atoms with van der Waals surface area (Å²) in [5.74, 6) is -0.190. The molecule has 0 saturated carbocycles. The standard InChI is InChI=1S/C29H26N4O4/c1-18-15-21(23-9-5-6-10-24(23)30-18)17-37-22-13-11-20(12-14-22)27(34)31-25(16-19-7-3-2-4-8-19)26-28(35)33-29(36)32-26/h2-15,25-26H,16-17H2,1H3,(H,31,34)(H2,32,33,35,36). The number of fused-ring (bicyclic) bond motifs is 1. The lowest BCUT2D eigenvalue weighted by Crippen LogP contribution is -2.52. The summed E-state index contributed by atoms with van der Waals surface area (Å²) < 4.78 is 6.00. The summed E-state index contributed by atoms with van der Waals surface area (Å²) in [6.07, 6.45) is 0.380. The Morgan fingerprint density at radius 3 is 2.46 bits per heavy atom. The first-order chi connectivity index (χ1) is 18.0. The molecule has 5 rings (SSSR count). The van der Waals surface area contributed by atoms with Gasteiger partial charge in [-0.2, -0.15) is 0 Å². The van der Waals surface area contributed by atoms with Gasteiger partial charge in [-0.3, -0.25) is 19.9 Å². The van der Waals surface area contributed by atoms with E-state index < -0.39 is 24.0 Å². The molecular weight excluding hydrogens is 468 g/mol. The van der Waals surface area contributed by atoms with E-state index in [0.29, 0.717) is 24.3 Å². The summed E-state index contributed by atoms with van der Waals surface area (Å²) in [5, 5.41) is 8.79. The summed E-state index contributed by atoms with van der Waals surface area (Å²) in [5.41, 5.74) is 4.22. The molecule has 2 unspecified atom stereocenters. The molecule has 8 nitrogen and oxygen atoms in total. The first-order valence-corrected chi connectivity index (χ1v) is 12.0. The fraction of sp³-hybridized carbons (Fsp3) is 0.172. The van der Waals surface area contributed by atoms with Crippen LogP contribution in [0.25, 0.3) is 10.9 Å². The molecule has 0 spiro atoms. The molecular formula is C29H26N4O4. The van der Waals surface area contributed by atoms with Gasteiger partial charge >= 0.3 is 6.03 Å². The minimum absolute atomic E-state index is 0.350. The summed E-state index contributed by atoms with van der Waals surface area (Å²) in [6.45, 7) is 2.32. The summed E-state index contributed by atoms with van der Waals surface area (Å²) in [6, 6.07) is 24.2. The number of nitrogens with zero attached hydrogens (tertiary/aromatic N) is 1. The number of imide groups is 1. The first-order valence-electron chi connectivity index (χ1n) is 12.0. The van der Waals surface area contributed by atoms with Crippen molar-refractivity contribution in [2.75, 3.05) is 0 Å². The maximum atomic E-state index is 13.1. The van der Waals surface area contributed by atoms with Crippen molar-refractivity contribution < 1.29 is 19.1 Å². The Labute approximate surface area is 214 Å². The minimum Gasteiger partial charge on any atom is -0.489 e. The number of benzene rings is 3. The van der Waals surface area contributed by atoms with Gasteiger partial charge in [0, 0.05) is 22.2 Å². The third-order valence-electron chi connectivity index (χ3n) is 6.26. The number of hydrogen-bond donors (Lipinski definition) is 3. The topological polar surface area (TPSA) is 109 Å². The number of nitrogens with one attached hydrogen (secondary N) is 3. The van der Waals surface area contributed by atoms with E-state index in [-0.39, 0.29) is 5.91 Å². The molecule has 0 bridgehead atoms. The van der Waals surface area contributed by atoms with Gasteiger partial charge < -0.3 is 15.4 Å². The quantitative estimate of drug-likeness (QED) is 0.324. The Kier molecular flexibility index (Phi) is 6.81. The summed E-state index contributed by atoms with van der Waals surface area (Å²) >= 11 is 0. The van der Waals surface area contributed by atoms with Crippen molar-refractivity contribution in [3.05, 3.63) is 107 Å². The van der Waals surface area contributed by atoms with Crippen molar-refractivity contribution in [1.29, 1.82) is 0 Å². The number of pyridine rings is 1. The number of rotatable bonds is 8. The lowest BCUT2D eigenvalue weighted by molar-refractivity contribution is -0.120. The molecule has 2 atom stereocenters. The van der Waals surface area contributed by atoms with Crippen LogP contribution in [-0.4, -0.2) is 34.9 Å². The molecule has 1 fully saturated rings. The zero-order valence-electron chi connectivity index (χ0n) is 20.2. The molecule has 1 saturated heterocycles. The summed E-state index contributed by atoms with van der Waals surface area (Å²) in [4.78, 5) is 41.6. The zero-order valence-corrected chi connectivity index (χ0v) is 20.2. The van der Waals surface area contributed by atoms with E-state index in [1.165, 1.54) is 0 Å². The number of ether oxygens (including phenoxy) is 1. The average molecular weight is 495 g/mol. The van der Waals surface area contributed by atoms with Gasteiger partial charge in [-0.15, -0.1) is 0 Å². The number of aryl methyl sites for hydroxylation is 1. The van der Waals surface area contributed by atoms with Gasteiger partial charge in [0.15, 0.2) is 0 Å². The van der Waals surface area contributed by atoms with E-state index in [1.54, 1.807) is 24.3 Å². The normalized spacial score (nSPS) is 15.6. The molecule has 37 heavy (non-hydrogen) atoms. The van der Waals surface area contributed by atoms with Crippen LogP contribution >= 0.6 is 0 Å². The van der Waals surface area contributed by atoms with Crippen LogP contribution in [0.1, 0.15) is 27.2 Å². The molecule has 0 radical (unpaired) electrons. The number of aromatic nitrogens is 1. The van der Waals surface area contributed by atoms with Gasteiger partial charge in [0.25, 0.3) is 11.8 Å². The zero-order chi connectivity index (χ0) is 25.8. The average Bonchev–Trinajstić information content (AvgIpc) is 3.25. The van der Waals surface area contributed by atoms with Crippen LogP contribution in [0.5, 0.6) is 5.75 Å². The Morgan fingerprint density at radius 2 is 1.73 bits per heavy atom. The van der Waals surface area contributed by atoms with Crippen molar-refractivity contribution in [2.24, 2.45) is 0 Å². The molecule has 4 amide bonds. The second-order valence-corrected chi connectivity index (χ2v) is 8.96. The van der Waals surface area contributed by atoms with E-state index in [9.17, 15) is 14.4 Å². The fourth-order valence-corrected chi connectivity index (χ4v) is 4.47. The number of amides is 4. The van der Waals surface area contributed by atoms with Crippen molar-refractivity contribution in [1.82, 2.24) is 20.9 Å². The second-order valence-electron chi connectivity index (χ2n) is 8.96. The highest BCUT2D eigenvalue weighted by Gasteiger charge is 2.37. The van der Waals surface area contributed by atoms with E-state index in [2.05, 4.69) is 20.9 Å². The SMILES string of the molecule is Cc1cc(COc2ccc(C(=O)NC(Cc3ccccc3)C3NC(=O)NC3=O)cc2)c2ccccc2n1. The van der Waals surface area contributed by atoms with Gasteiger partial charge in [-0.25, -0.2) is 4.79 Å². The number of hydrogen-bond acceptors (Lipinski definition) is 5. The number of carbonyl (C=O) groups is 3. The van der Waals surface area contributed by atoms with Crippen LogP contribution in [0.15, 0.2) is 84.9 Å². The van der Waals surface area contributed by atoms with E-state index >= 15 is 0 Å². The van der Waals surface area contributed by atoms with E-state index in [0.717, 1.165) is 27.7 Å². The van der Waals surface area contributed by atoms with Crippen molar-refractivity contribution in [3.8, 4) is 5.75 Å². The second kappa shape index (κ2) is 10.5. The monoisotopic (exact) mass is 494 g/mol. The maximum absolute atomic E-state index is 13.1. The lowest BCUT2D eigenvalue weighted by Gasteiger charge is -2.23. The van der Waals surface area contributed by atoms with Crippen LogP contribution < -0.4 is 20.7 Å². The third-order valence-corrected chi connectivity index (χ3v) is 6.26. The molecule has 186 valence electrons. The van der Waals surface area contributed by atoms with Gasteiger partial charge in [-0.1, -0.05) is 48.5 Å². The van der Waals surface area contributed by atoms with Crippen LogP contribution in [0.2, 0.25) is 0 Å². The van der Waals surface area contributed by atoms with Gasteiger partial charge in [0.05, 0.1) is 11.6 Å². The maximum Gasteiger partial charge on any atom is 0.322 e. The molecule has 1 aliphatic rings. The summed E-state index contributed by atoms with van der Waals surface area (Å²) in [7, 11) is 0. The Bertz CT molecular complexity index is 1450.